The Balaban J connectivity index is 1.57. The standard InChI is InChI=1S/C21H32N2O2/c1-21(16-24,19-7-3-2-4-8-19)22-15-17-9-11-18(12-10-17)20(25)23-13-5-6-14-23/h9-12,19,22,24H,2-8,13-16H2,1H3/t21-/m1/s1. The highest BCUT2D eigenvalue weighted by molar-refractivity contribution is 5.94. The lowest BCUT2D eigenvalue weighted by Gasteiger charge is -2.39. The zero-order chi connectivity index (χ0) is 17.7. The fourth-order valence-electron chi connectivity index (χ4n) is 4.24. The zero-order valence-corrected chi connectivity index (χ0v) is 15.5. The molecule has 0 aromatic heterocycles. The number of carbonyl (C=O) groups excluding carboxylic acids is 1. The molecule has 1 saturated heterocycles. The molecular weight excluding hydrogens is 312 g/mol. The number of hydrogen-bond donors (Lipinski definition) is 2. The van der Waals surface area contributed by atoms with Crippen LogP contribution in [0.4, 0.5) is 0 Å². The highest BCUT2D eigenvalue weighted by Gasteiger charge is 2.33. The average Bonchev–Trinajstić information content (AvgIpc) is 3.21. The van der Waals surface area contributed by atoms with E-state index in [0.29, 0.717) is 5.92 Å². The van der Waals surface area contributed by atoms with Crippen LogP contribution < -0.4 is 5.32 Å². The molecule has 1 heterocycles. The Hall–Kier alpha value is -1.39. The number of aliphatic hydroxyl groups excluding tert-OH is 1. The third-order valence-electron chi connectivity index (χ3n) is 6.13. The average molecular weight is 344 g/mol. The van der Waals surface area contributed by atoms with Gasteiger partial charge in [0.05, 0.1) is 6.61 Å². The van der Waals surface area contributed by atoms with Crippen molar-refractivity contribution in [3.63, 3.8) is 0 Å². The number of aliphatic hydroxyl groups is 1. The van der Waals surface area contributed by atoms with Gasteiger partial charge in [-0.1, -0.05) is 31.4 Å². The first-order chi connectivity index (χ1) is 12.1. The maximum absolute atomic E-state index is 12.4. The van der Waals surface area contributed by atoms with Crippen molar-refractivity contribution >= 4 is 5.91 Å². The van der Waals surface area contributed by atoms with Crippen LogP contribution in [0.25, 0.3) is 0 Å². The van der Waals surface area contributed by atoms with E-state index in [9.17, 15) is 9.90 Å². The molecule has 3 rings (SSSR count). The minimum absolute atomic E-state index is 0.152. The second kappa shape index (κ2) is 8.33. The van der Waals surface area contributed by atoms with Crippen LogP contribution in [-0.4, -0.2) is 41.1 Å². The first-order valence-electron chi connectivity index (χ1n) is 9.86. The summed E-state index contributed by atoms with van der Waals surface area (Å²) in [6, 6.07) is 7.95. The molecule has 1 aliphatic carbocycles. The molecule has 4 nitrogen and oxygen atoms in total. The van der Waals surface area contributed by atoms with Crippen molar-refractivity contribution in [2.24, 2.45) is 5.92 Å². The minimum atomic E-state index is -0.218. The Bertz CT molecular complexity index is 560. The van der Waals surface area contributed by atoms with Crippen molar-refractivity contribution in [2.45, 2.75) is 64.0 Å². The van der Waals surface area contributed by atoms with Gasteiger partial charge in [-0.05, 0) is 56.2 Å². The summed E-state index contributed by atoms with van der Waals surface area (Å²) in [6.45, 7) is 4.82. The third-order valence-corrected chi connectivity index (χ3v) is 6.13. The number of nitrogens with zero attached hydrogens (tertiary/aromatic N) is 1. The Morgan fingerprint density at radius 2 is 1.76 bits per heavy atom. The first kappa shape index (κ1) is 18.4. The van der Waals surface area contributed by atoms with Crippen LogP contribution in [0.3, 0.4) is 0 Å². The summed E-state index contributed by atoms with van der Waals surface area (Å²) < 4.78 is 0. The summed E-state index contributed by atoms with van der Waals surface area (Å²) >= 11 is 0. The van der Waals surface area contributed by atoms with E-state index >= 15 is 0 Å². The van der Waals surface area contributed by atoms with Crippen LogP contribution in [0.5, 0.6) is 0 Å². The summed E-state index contributed by atoms with van der Waals surface area (Å²) in [5.74, 6) is 0.696. The normalized spacial score (nSPS) is 21.3. The number of nitrogens with one attached hydrogen (secondary N) is 1. The van der Waals surface area contributed by atoms with Crippen molar-refractivity contribution in [1.29, 1.82) is 0 Å². The van der Waals surface area contributed by atoms with Gasteiger partial charge < -0.3 is 15.3 Å². The van der Waals surface area contributed by atoms with E-state index in [1.54, 1.807) is 0 Å². The van der Waals surface area contributed by atoms with Crippen molar-refractivity contribution < 1.29 is 9.90 Å². The molecule has 0 unspecified atom stereocenters. The number of likely N-dealkylation sites (tertiary alicyclic amines) is 1. The van der Waals surface area contributed by atoms with Gasteiger partial charge in [-0.15, -0.1) is 0 Å². The van der Waals surface area contributed by atoms with Gasteiger partial charge in [-0.2, -0.15) is 0 Å². The molecule has 1 aliphatic heterocycles. The van der Waals surface area contributed by atoms with E-state index in [4.69, 9.17) is 0 Å². The first-order valence-corrected chi connectivity index (χ1v) is 9.86. The summed E-state index contributed by atoms with van der Waals surface area (Å²) in [7, 11) is 0. The molecular formula is C21H32N2O2. The van der Waals surface area contributed by atoms with Crippen LogP contribution in [-0.2, 0) is 6.54 Å². The van der Waals surface area contributed by atoms with Crippen LogP contribution >= 0.6 is 0 Å². The van der Waals surface area contributed by atoms with Crippen molar-refractivity contribution in [3.8, 4) is 0 Å². The van der Waals surface area contributed by atoms with Crippen molar-refractivity contribution in [3.05, 3.63) is 35.4 Å². The van der Waals surface area contributed by atoms with E-state index in [0.717, 1.165) is 43.6 Å². The van der Waals surface area contributed by atoms with Gasteiger partial charge in [0.25, 0.3) is 5.91 Å². The fraction of sp³-hybridized carbons (Fsp3) is 0.667. The molecule has 4 heteroatoms. The van der Waals surface area contributed by atoms with Gasteiger partial charge in [0.2, 0.25) is 0 Å². The maximum atomic E-state index is 12.4. The molecule has 1 aromatic rings. The quantitative estimate of drug-likeness (QED) is 0.832. The SMILES string of the molecule is C[C@](CO)(NCc1ccc(C(=O)N2CCCC2)cc1)C1CCCCC1. The van der Waals surface area contributed by atoms with Gasteiger partial charge in [-0.25, -0.2) is 0 Å². The van der Waals surface area contributed by atoms with Crippen LogP contribution in [0, 0.1) is 5.92 Å². The van der Waals surface area contributed by atoms with Crippen LogP contribution in [0.15, 0.2) is 24.3 Å². The summed E-state index contributed by atoms with van der Waals surface area (Å²) in [5, 5.41) is 13.5. The van der Waals surface area contributed by atoms with E-state index in [-0.39, 0.29) is 18.1 Å². The predicted molar refractivity (Wildman–Crippen MR) is 100 cm³/mol. The summed E-state index contributed by atoms with van der Waals surface area (Å²) in [5.41, 5.74) is 1.72. The largest absolute Gasteiger partial charge is 0.394 e. The smallest absolute Gasteiger partial charge is 0.253 e. The predicted octanol–water partition coefficient (Wildman–Crippen LogP) is 3.34. The second-order valence-electron chi connectivity index (χ2n) is 7.96. The second-order valence-corrected chi connectivity index (χ2v) is 7.96. The van der Waals surface area contributed by atoms with Crippen molar-refractivity contribution in [1.82, 2.24) is 10.2 Å². The topological polar surface area (TPSA) is 52.6 Å². The molecule has 1 saturated carbocycles. The molecule has 0 spiro atoms. The molecule has 1 aromatic carbocycles. The van der Waals surface area contributed by atoms with E-state index in [1.807, 2.05) is 29.2 Å². The van der Waals surface area contributed by atoms with Crippen LogP contribution in [0.2, 0.25) is 0 Å². The highest BCUT2D eigenvalue weighted by atomic mass is 16.3. The molecule has 1 atom stereocenters. The Morgan fingerprint density at radius 3 is 2.36 bits per heavy atom. The Morgan fingerprint density at radius 1 is 1.12 bits per heavy atom. The lowest BCUT2D eigenvalue weighted by molar-refractivity contribution is 0.0793. The molecule has 2 aliphatic rings. The number of rotatable bonds is 6. The monoisotopic (exact) mass is 344 g/mol. The maximum Gasteiger partial charge on any atom is 0.253 e. The van der Waals surface area contributed by atoms with Gasteiger partial charge in [0.15, 0.2) is 0 Å². The molecule has 138 valence electrons. The minimum Gasteiger partial charge on any atom is -0.394 e. The fourth-order valence-corrected chi connectivity index (χ4v) is 4.24. The van der Waals surface area contributed by atoms with E-state index in [2.05, 4.69) is 12.2 Å². The Labute approximate surface area is 151 Å². The molecule has 0 bridgehead atoms. The van der Waals surface area contributed by atoms with E-state index in [1.165, 1.54) is 32.1 Å². The summed E-state index contributed by atoms with van der Waals surface area (Å²) in [6.07, 6.45) is 8.51. The van der Waals surface area contributed by atoms with Crippen molar-refractivity contribution in [2.75, 3.05) is 19.7 Å². The van der Waals surface area contributed by atoms with Gasteiger partial charge in [-0.3, -0.25) is 4.79 Å². The molecule has 2 fully saturated rings. The van der Waals surface area contributed by atoms with Gasteiger partial charge in [0, 0.05) is 30.7 Å². The lowest BCUT2D eigenvalue weighted by Crippen LogP contribution is -2.52. The lowest BCUT2D eigenvalue weighted by atomic mass is 9.76. The van der Waals surface area contributed by atoms with E-state index < -0.39 is 0 Å². The number of hydrogen-bond acceptors (Lipinski definition) is 3. The molecule has 2 N–H and O–H groups in total. The summed E-state index contributed by atoms with van der Waals surface area (Å²) in [4.78, 5) is 14.3. The number of amides is 1. The number of benzene rings is 1. The Kier molecular flexibility index (Phi) is 6.13. The van der Waals surface area contributed by atoms with Gasteiger partial charge in [0.1, 0.15) is 0 Å². The molecule has 25 heavy (non-hydrogen) atoms. The third kappa shape index (κ3) is 4.42. The van der Waals surface area contributed by atoms with Crippen LogP contribution in [0.1, 0.15) is 67.8 Å². The van der Waals surface area contributed by atoms with Gasteiger partial charge >= 0.3 is 0 Å². The molecule has 0 radical (unpaired) electrons. The number of carbonyl (C=O) groups is 1. The zero-order valence-electron chi connectivity index (χ0n) is 15.5. The highest BCUT2D eigenvalue weighted by Crippen LogP contribution is 2.32. The molecule has 1 amide bonds.